The third-order valence-corrected chi connectivity index (χ3v) is 8.69. The molecule has 1 aromatic heterocycles. The van der Waals surface area contributed by atoms with Crippen LogP contribution < -0.4 is 9.86 Å². The Hall–Kier alpha value is -3.52. The number of nitrogens with one attached hydrogen (secondary N) is 1. The van der Waals surface area contributed by atoms with Crippen LogP contribution in [-0.2, 0) is 32.8 Å². The first-order valence-electron chi connectivity index (χ1n) is 10.3. The molecule has 0 spiro atoms. The second-order valence-electron chi connectivity index (χ2n) is 7.62. The van der Waals surface area contributed by atoms with E-state index in [9.17, 15) is 30.0 Å². The van der Waals surface area contributed by atoms with Gasteiger partial charge in [-0.25, -0.2) is 21.5 Å². The van der Waals surface area contributed by atoms with E-state index in [0.29, 0.717) is 5.56 Å². The molecule has 13 heteroatoms. The Kier molecular flexibility index (Phi) is 6.75. The summed E-state index contributed by atoms with van der Waals surface area (Å²) in [6.07, 6.45) is -4.71. The van der Waals surface area contributed by atoms with Crippen molar-refractivity contribution in [2.24, 2.45) is 5.73 Å². The van der Waals surface area contributed by atoms with Crippen molar-refractivity contribution < 1.29 is 30.0 Å². The zero-order valence-corrected chi connectivity index (χ0v) is 20.0. The number of aromatic nitrogens is 2. The Morgan fingerprint density at radius 2 is 1.36 bits per heavy atom. The van der Waals surface area contributed by atoms with Crippen LogP contribution in [0.2, 0.25) is 0 Å². The maximum absolute atomic E-state index is 13.4. The fourth-order valence-corrected chi connectivity index (χ4v) is 6.28. The molecule has 0 aliphatic rings. The highest BCUT2D eigenvalue weighted by Crippen LogP contribution is 2.33. The van der Waals surface area contributed by atoms with E-state index in [4.69, 9.17) is 5.73 Å². The quantitative estimate of drug-likeness (QED) is 0.371. The summed E-state index contributed by atoms with van der Waals surface area (Å²) in [7, 11) is -8.89. The average molecular weight is 537 g/mol. The molecule has 0 amide bonds. The Morgan fingerprint density at radius 1 is 0.806 bits per heavy atom. The summed E-state index contributed by atoms with van der Waals surface area (Å²) >= 11 is 0. The number of alkyl halides is 3. The predicted octanol–water partition coefficient (Wildman–Crippen LogP) is 3.68. The van der Waals surface area contributed by atoms with E-state index in [2.05, 4.69) is 5.10 Å². The van der Waals surface area contributed by atoms with Gasteiger partial charge < -0.3 is 5.73 Å². The molecule has 1 heterocycles. The molecule has 3 aromatic carbocycles. The molecule has 0 fully saturated rings. The fraction of sp³-hybridized carbons (Fsp3) is 0.0870. The second kappa shape index (κ2) is 9.50. The smallest absolute Gasteiger partial charge is 0.326 e. The second-order valence-corrected chi connectivity index (χ2v) is 11.2. The largest absolute Gasteiger partial charge is 0.435 e. The van der Waals surface area contributed by atoms with Crippen molar-refractivity contribution in [3.05, 3.63) is 96.2 Å². The number of rotatable bonds is 7. The molecule has 4 aromatic rings. The van der Waals surface area contributed by atoms with Crippen LogP contribution in [0.15, 0.2) is 94.7 Å². The van der Waals surface area contributed by atoms with Gasteiger partial charge in [-0.15, -0.1) is 4.13 Å². The summed E-state index contributed by atoms with van der Waals surface area (Å²) in [5.41, 5.74) is 5.92. The number of sulfonamides is 2. The zero-order chi connectivity index (χ0) is 26.1. The fourth-order valence-electron chi connectivity index (χ4n) is 3.34. The van der Waals surface area contributed by atoms with Gasteiger partial charge in [0.05, 0.1) is 21.2 Å². The SMILES string of the molecule is NCc1ccc(-c2cc(C(F)(F)F)nn2-c2ccc(S(=O)(=O)NS(=O)(=O)c3ccccc3)cc2)cc1. The highest BCUT2D eigenvalue weighted by Gasteiger charge is 2.35. The molecule has 3 N–H and O–H groups in total. The summed E-state index contributed by atoms with van der Waals surface area (Å²) in [4.78, 5) is -0.644. The molecule has 8 nitrogen and oxygen atoms in total. The minimum absolute atomic E-state index is 0.117. The molecule has 0 atom stereocenters. The van der Waals surface area contributed by atoms with Gasteiger partial charge in [0.1, 0.15) is 0 Å². The lowest BCUT2D eigenvalue weighted by molar-refractivity contribution is -0.141. The molecule has 188 valence electrons. The van der Waals surface area contributed by atoms with Crippen LogP contribution in [-0.4, -0.2) is 26.6 Å². The van der Waals surface area contributed by atoms with Crippen molar-refractivity contribution in [3.63, 3.8) is 0 Å². The molecule has 36 heavy (non-hydrogen) atoms. The topological polar surface area (TPSA) is 124 Å². The van der Waals surface area contributed by atoms with Crippen molar-refractivity contribution in [2.45, 2.75) is 22.5 Å². The van der Waals surface area contributed by atoms with Crippen LogP contribution in [0.3, 0.4) is 0 Å². The van der Waals surface area contributed by atoms with Gasteiger partial charge in [-0.2, -0.15) is 18.3 Å². The van der Waals surface area contributed by atoms with E-state index in [-0.39, 0.29) is 22.8 Å². The molecule has 0 saturated carbocycles. The maximum Gasteiger partial charge on any atom is 0.435 e. The summed E-state index contributed by atoms with van der Waals surface area (Å²) in [6, 6.07) is 19.0. The van der Waals surface area contributed by atoms with Gasteiger partial charge in [-0.3, -0.25) is 0 Å². The Balaban J connectivity index is 1.70. The van der Waals surface area contributed by atoms with E-state index >= 15 is 0 Å². The average Bonchev–Trinajstić information content (AvgIpc) is 3.30. The number of benzene rings is 3. The maximum atomic E-state index is 13.4. The van der Waals surface area contributed by atoms with Crippen molar-refractivity contribution in [3.8, 4) is 16.9 Å². The van der Waals surface area contributed by atoms with Crippen LogP contribution >= 0.6 is 0 Å². The van der Waals surface area contributed by atoms with Crippen molar-refractivity contribution in [1.29, 1.82) is 0 Å². The lowest BCUT2D eigenvalue weighted by atomic mass is 10.1. The third kappa shape index (κ3) is 5.33. The van der Waals surface area contributed by atoms with Crippen molar-refractivity contribution >= 4 is 20.0 Å². The minimum atomic E-state index is -4.71. The Bertz CT molecular complexity index is 1580. The summed E-state index contributed by atoms with van der Waals surface area (Å²) in [6.45, 7) is 0.261. The normalized spacial score (nSPS) is 12.6. The molecule has 0 unspecified atom stereocenters. The Labute approximate surface area is 205 Å². The van der Waals surface area contributed by atoms with Gasteiger partial charge in [-0.05, 0) is 48.0 Å². The molecule has 0 bridgehead atoms. The van der Waals surface area contributed by atoms with Gasteiger partial charge in [0.2, 0.25) is 0 Å². The first-order chi connectivity index (χ1) is 16.9. The van der Waals surface area contributed by atoms with E-state index in [1.165, 1.54) is 36.4 Å². The first kappa shape index (κ1) is 25.6. The number of nitrogens with zero attached hydrogens (tertiary/aromatic N) is 2. The highest BCUT2D eigenvalue weighted by molar-refractivity contribution is 8.04. The molecular weight excluding hydrogens is 517 g/mol. The summed E-state index contributed by atoms with van der Waals surface area (Å²) in [5, 5.41) is 3.67. The predicted molar refractivity (Wildman–Crippen MR) is 126 cm³/mol. The van der Waals surface area contributed by atoms with Crippen LogP contribution in [0.5, 0.6) is 0 Å². The lowest BCUT2D eigenvalue weighted by Crippen LogP contribution is -2.30. The number of halogens is 3. The summed E-state index contributed by atoms with van der Waals surface area (Å²) < 4.78 is 93.2. The van der Waals surface area contributed by atoms with Gasteiger partial charge in [0.15, 0.2) is 5.69 Å². The molecular formula is C23H19F3N4O4S2. The lowest BCUT2D eigenvalue weighted by Gasteiger charge is -2.11. The van der Waals surface area contributed by atoms with Crippen LogP contribution in [0.25, 0.3) is 16.9 Å². The van der Waals surface area contributed by atoms with E-state index in [1.807, 2.05) is 0 Å². The van der Waals surface area contributed by atoms with Gasteiger partial charge in [0.25, 0.3) is 20.0 Å². The van der Waals surface area contributed by atoms with Crippen LogP contribution in [0.4, 0.5) is 13.2 Å². The third-order valence-electron chi connectivity index (χ3n) is 5.15. The van der Waals surface area contributed by atoms with Gasteiger partial charge >= 0.3 is 6.18 Å². The first-order valence-corrected chi connectivity index (χ1v) is 13.3. The van der Waals surface area contributed by atoms with Crippen LogP contribution in [0.1, 0.15) is 11.3 Å². The molecule has 0 aliphatic heterocycles. The number of hydrogen-bond acceptors (Lipinski definition) is 6. The number of nitrogens with two attached hydrogens (primary N) is 1. The van der Waals surface area contributed by atoms with E-state index in [0.717, 1.165) is 28.4 Å². The van der Waals surface area contributed by atoms with Crippen molar-refractivity contribution in [2.75, 3.05) is 0 Å². The molecule has 0 aliphatic carbocycles. The molecule has 0 saturated heterocycles. The van der Waals surface area contributed by atoms with Crippen molar-refractivity contribution in [1.82, 2.24) is 13.9 Å². The number of hydrogen-bond donors (Lipinski definition) is 2. The van der Waals surface area contributed by atoms with E-state index in [1.54, 1.807) is 34.5 Å². The highest BCUT2D eigenvalue weighted by atomic mass is 32.3. The van der Waals surface area contributed by atoms with Gasteiger partial charge in [-0.1, -0.05) is 42.5 Å². The minimum Gasteiger partial charge on any atom is -0.326 e. The zero-order valence-electron chi connectivity index (χ0n) is 18.3. The van der Waals surface area contributed by atoms with Gasteiger partial charge in [0, 0.05) is 12.1 Å². The summed E-state index contributed by atoms with van der Waals surface area (Å²) in [5.74, 6) is 0. The Morgan fingerprint density at radius 3 is 1.89 bits per heavy atom. The standard InChI is InChI=1S/C23H19F3N4O4S2/c24-23(25,26)22-14-21(17-8-6-16(15-27)7-9-17)30(28-22)18-10-12-20(13-11-18)36(33,34)29-35(31,32)19-4-2-1-3-5-19/h1-14,29H,15,27H2. The molecule has 4 rings (SSSR count). The van der Waals surface area contributed by atoms with E-state index < -0.39 is 36.8 Å². The monoisotopic (exact) mass is 536 g/mol. The van der Waals surface area contributed by atoms with Crippen LogP contribution in [0, 0.1) is 0 Å². The molecule has 0 radical (unpaired) electrons.